The number of carbonyl (C=O) groups is 4. The number of halogens is 3. The van der Waals surface area contributed by atoms with E-state index >= 15 is 0 Å². The lowest BCUT2D eigenvalue weighted by atomic mass is 9.85. The van der Waals surface area contributed by atoms with E-state index in [0.717, 1.165) is 16.7 Å². The van der Waals surface area contributed by atoms with Gasteiger partial charge in [0.15, 0.2) is 0 Å². The van der Waals surface area contributed by atoms with Gasteiger partial charge in [0.1, 0.15) is 17.6 Å². The summed E-state index contributed by atoms with van der Waals surface area (Å²) >= 11 is 0. The molecule has 3 N–H and O–H groups in total. The molecule has 2 aliphatic carbocycles. The minimum atomic E-state index is -4.89. The quantitative estimate of drug-likeness (QED) is 0.268. The van der Waals surface area contributed by atoms with Crippen molar-refractivity contribution in [1.82, 2.24) is 20.3 Å². The molecule has 3 aliphatic rings. The third-order valence-electron chi connectivity index (χ3n) is 10.0. The molecule has 0 bridgehead atoms. The predicted octanol–water partition coefficient (Wildman–Crippen LogP) is 5.19. The Kier molecular flexibility index (Phi) is 10.4. The minimum Gasteiger partial charge on any atom is -0.434 e. The van der Waals surface area contributed by atoms with Crippen LogP contribution in [0.3, 0.4) is 0 Å². The summed E-state index contributed by atoms with van der Waals surface area (Å²) in [6.45, 7) is 9.91. The van der Waals surface area contributed by atoms with Crippen molar-refractivity contribution >= 4 is 33.8 Å². The fourth-order valence-corrected chi connectivity index (χ4v) is 7.78. The molecule has 11 nitrogen and oxygen atoms in total. The summed E-state index contributed by atoms with van der Waals surface area (Å²) in [5.74, 6) is -3.34. The van der Waals surface area contributed by atoms with Crippen LogP contribution in [0, 0.1) is 11.3 Å². The lowest BCUT2D eigenvalue weighted by Crippen LogP contribution is -2.60. The van der Waals surface area contributed by atoms with Crippen molar-refractivity contribution in [2.24, 2.45) is 11.3 Å². The number of hydrogen-bond donors (Lipinski definition) is 3. The van der Waals surface area contributed by atoms with E-state index in [1.807, 2.05) is 54.6 Å². The number of nitrogens with zero attached hydrogens (tertiary/aromatic N) is 1. The first-order chi connectivity index (χ1) is 24.1. The van der Waals surface area contributed by atoms with Crippen molar-refractivity contribution in [1.29, 1.82) is 0 Å². The zero-order valence-electron chi connectivity index (χ0n) is 29.7. The number of sulfonamides is 1. The van der Waals surface area contributed by atoms with E-state index in [-0.39, 0.29) is 19.4 Å². The highest BCUT2D eigenvalue weighted by atomic mass is 32.2. The highest BCUT2D eigenvalue weighted by Crippen LogP contribution is 2.46. The molecule has 1 aliphatic heterocycles. The highest BCUT2D eigenvalue weighted by Gasteiger charge is 2.62. The largest absolute Gasteiger partial charge is 0.434 e. The zero-order valence-corrected chi connectivity index (χ0v) is 30.6. The number of carbonyl (C=O) groups excluding carboxylic acids is 4. The van der Waals surface area contributed by atoms with Crippen molar-refractivity contribution in [3.8, 4) is 11.1 Å². The zero-order chi connectivity index (χ0) is 38.4. The lowest BCUT2D eigenvalue weighted by Gasteiger charge is -2.36. The molecular weight excluding hydrogens is 701 g/mol. The molecule has 282 valence electrons. The van der Waals surface area contributed by atoms with Crippen LogP contribution in [-0.4, -0.2) is 78.3 Å². The van der Waals surface area contributed by atoms with Gasteiger partial charge in [-0.25, -0.2) is 13.2 Å². The van der Waals surface area contributed by atoms with Crippen LogP contribution in [0.25, 0.3) is 11.1 Å². The van der Waals surface area contributed by atoms with E-state index in [4.69, 9.17) is 4.74 Å². The van der Waals surface area contributed by atoms with Crippen LogP contribution in [-0.2, 0) is 29.1 Å². The normalized spacial score (nSPS) is 24.0. The molecule has 0 radical (unpaired) electrons. The number of ether oxygens (including phenoxy) is 1. The number of rotatable bonds is 11. The molecule has 3 fully saturated rings. The topological polar surface area (TPSA) is 151 Å². The number of alkyl carbamates (subject to hydrolysis) is 1. The number of alkyl halides is 3. The first-order valence-corrected chi connectivity index (χ1v) is 18.7. The highest BCUT2D eigenvalue weighted by molar-refractivity contribution is 7.91. The Balaban J connectivity index is 1.44. The molecule has 0 spiro atoms. The van der Waals surface area contributed by atoms with Crippen LogP contribution in [0.5, 0.6) is 0 Å². The summed E-state index contributed by atoms with van der Waals surface area (Å²) in [6, 6.07) is 14.6. The second-order valence-corrected chi connectivity index (χ2v) is 17.4. The van der Waals surface area contributed by atoms with Gasteiger partial charge in [-0.1, -0.05) is 81.4 Å². The number of benzene rings is 2. The van der Waals surface area contributed by atoms with Crippen molar-refractivity contribution in [3.05, 3.63) is 72.8 Å². The average Bonchev–Trinajstić information content (AvgIpc) is 3.99. The Hall–Kier alpha value is -4.40. The van der Waals surface area contributed by atoms with Gasteiger partial charge in [-0.3, -0.25) is 19.1 Å². The lowest BCUT2D eigenvalue weighted by molar-refractivity contribution is -0.244. The molecule has 1 saturated heterocycles. The van der Waals surface area contributed by atoms with Crippen molar-refractivity contribution in [2.45, 2.75) is 101 Å². The number of hydrogen-bond acceptors (Lipinski definition) is 7. The minimum absolute atomic E-state index is 0.000895. The summed E-state index contributed by atoms with van der Waals surface area (Å²) < 4.78 is 72.7. The molecule has 1 heterocycles. The van der Waals surface area contributed by atoms with Crippen LogP contribution in [0.2, 0.25) is 0 Å². The summed E-state index contributed by atoms with van der Waals surface area (Å²) in [5.41, 5.74) is -2.79. The summed E-state index contributed by atoms with van der Waals surface area (Å²) in [5, 5.41) is 4.36. The van der Waals surface area contributed by atoms with Crippen LogP contribution < -0.4 is 15.4 Å². The summed E-state index contributed by atoms with van der Waals surface area (Å²) in [6.07, 6.45) is -3.88. The summed E-state index contributed by atoms with van der Waals surface area (Å²) in [7, 11) is -3.94. The number of amides is 4. The standard InChI is InChI=1S/C37H45F3N4O7S/c1-7-26-20-36(26,32(47)43-52(49,50)27-17-18-27)42-30(45)28-19-25(24-15-13-23(14-16-24)22-11-9-8-10-12-22)21-44(28)31(46)29(34(2,3)4)41-33(48)51-35(5,6)37(38,39)40/h7-16,25-29H,1,17-21H2,2-6H3,(H,41,48)(H,42,45)(H,43,47)/t25-,26-,28+,29-,36-/m1/s1. The van der Waals surface area contributed by atoms with E-state index in [1.165, 1.54) is 11.0 Å². The second-order valence-electron chi connectivity index (χ2n) is 15.5. The molecule has 0 aromatic heterocycles. The third kappa shape index (κ3) is 8.13. The fraction of sp³-hybridized carbons (Fsp3) is 0.514. The Morgan fingerprint density at radius 1 is 0.962 bits per heavy atom. The first-order valence-electron chi connectivity index (χ1n) is 17.1. The van der Waals surface area contributed by atoms with E-state index < -0.39 is 85.7 Å². The fourth-order valence-electron chi connectivity index (χ4n) is 6.42. The molecule has 0 unspecified atom stereocenters. The first kappa shape index (κ1) is 38.8. The Labute approximate surface area is 301 Å². The Bertz CT molecular complexity index is 1820. The average molecular weight is 747 g/mol. The number of nitrogens with one attached hydrogen (secondary N) is 3. The molecule has 2 saturated carbocycles. The molecule has 52 heavy (non-hydrogen) atoms. The molecule has 5 atom stereocenters. The number of likely N-dealkylation sites (tertiary alicyclic amines) is 1. The SMILES string of the molecule is C=C[C@@H]1C[C@]1(NC(=O)[C@@H]1C[C@@H](c2ccc(-c3ccccc3)cc2)CN1C(=O)[C@@H](NC(=O)OC(C)(C)C(F)(F)F)C(C)(C)C)C(=O)NS(=O)(=O)C1CC1. The van der Waals surface area contributed by atoms with E-state index in [9.17, 15) is 40.8 Å². The van der Waals surface area contributed by atoms with Gasteiger partial charge in [0.05, 0.1) is 5.25 Å². The van der Waals surface area contributed by atoms with E-state index in [1.54, 1.807) is 20.8 Å². The van der Waals surface area contributed by atoms with Gasteiger partial charge in [0, 0.05) is 18.4 Å². The predicted molar refractivity (Wildman–Crippen MR) is 187 cm³/mol. The van der Waals surface area contributed by atoms with Crippen LogP contribution in [0.1, 0.15) is 71.8 Å². The van der Waals surface area contributed by atoms with Gasteiger partial charge in [0.2, 0.25) is 27.4 Å². The molecule has 2 aromatic carbocycles. The maximum absolute atomic E-state index is 14.4. The van der Waals surface area contributed by atoms with Gasteiger partial charge in [0.25, 0.3) is 5.91 Å². The van der Waals surface area contributed by atoms with Gasteiger partial charge >= 0.3 is 12.3 Å². The molecule has 2 aromatic rings. The van der Waals surface area contributed by atoms with Crippen molar-refractivity contribution < 1.29 is 45.5 Å². The van der Waals surface area contributed by atoms with Crippen LogP contribution in [0.15, 0.2) is 67.3 Å². The smallest absolute Gasteiger partial charge is 0.427 e. The van der Waals surface area contributed by atoms with Crippen molar-refractivity contribution in [3.63, 3.8) is 0 Å². The van der Waals surface area contributed by atoms with Gasteiger partial charge in [-0.2, -0.15) is 13.2 Å². The molecule has 4 amide bonds. The van der Waals surface area contributed by atoms with Crippen LogP contribution in [0.4, 0.5) is 18.0 Å². The van der Waals surface area contributed by atoms with Gasteiger partial charge in [-0.05, 0) is 61.6 Å². The second kappa shape index (κ2) is 13.9. The van der Waals surface area contributed by atoms with Gasteiger partial charge in [-0.15, -0.1) is 6.58 Å². The molecule has 5 rings (SSSR count). The Morgan fingerprint density at radius 2 is 1.56 bits per heavy atom. The molecule has 15 heteroatoms. The maximum atomic E-state index is 14.4. The van der Waals surface area contributed by atoms with Crippen LogP contribution >= 0.6 is 0 Å². The molecular formula is C37H45F3N4O7S. The van der Waals surface area contributed by atoms with Crippen molar-refractivity contribution in [2.75, 3.05) is 6.54 Å². The third-order valence-corrected chi connectivity index (χ3v) is 11.8. The van der Waals surface area contributed by atoms with E-state index in [0.29, 0.717) is 26.7 Å². The summed E-state index contributed by atoms with van der Waals surface area (Å²) in [4.78, 5) is 56.1. The maximum Gasteiger partial charge on any atom is 0.427 e. The monoisotopic (exact) mass is 746 g/mol. The van der Waals surface area contributed by atoms with E-state index in [2.05, 4.69) is 21.9 Å². The van der Waals surface area contributed by atoms with Gasteiger partial charge < -0.3 is 20.3 Å². The Morgan fingerprint density at radius 3 is 2.08 bits per heavy atom.